The van der Waals surface area contributed by atoms with Gasteiger partial charge in [0.2, 0.25) is 0 Å². The molecule has 0 spiro atoms. The summed E-state index contributed by atoms with van der Waals surface area (Å²) in [4.78, 5) is 8.83. The molecule has 2 aliphatic rings. The quantitative estimate of drug-likeness (QED) is 0.554. The summed E-state index contributed by atoms with van der Waals surface area (Å²) in [6.45, 7) is 6.05. The number of aliphatic imine (C=N–C) groups is 1. The number of nitrogens with one attached hydrogen (secondary N) is 1. The third kappa shape index (κ3) is 1.33. The number of hydrogen-bond donors (Lipinski definition) is 1. The molecule has 2 heterocycles. The van der Waals surface area contributed by atoms with E-state index in [1.54, 1.807) is 0 Å². The van der Waals surface area contributed by atoms with Crippen molar-refractivity contribution in [1.82, 2.24) is 15.1 Å². The van der Waals surface area contributed by atoms with Gasteiger partial charge in [0.05, 0.1) is 0 Å². The van der Waals surface area contributed by atoms with Crippen LogP contribution in [0.1, 0.15) is 13.8 Å². The first-order valence-electron chi connectivity index (χ1n) is 4.77. The van der Waals surface area contributed by atoms with E-state index in [1.807, 2.05) is 0 Å². The molecule has 0 unspecified atom stereocenters. The van der Waals surface area contributed by atoms with Gasteiger partial charge in [0.1, 0.15) is 0 Å². The van der Waals surface area contributed by atoms with Gasteiger partial charge in [-0.25, -0.2) is 0 Å². The number of fused-ring (bicyclic) bond motifs is 1. The van der Waals surface area contributed by atoms with E-state index in [0.29, 0.717) is 0 Å². The zero-order chi connectivity index (χ0) is 10.3. The second kappa shape index (κ2) is 3.68. The summed E-state index contributed by atoms with van der Waals surface area (Å²) in [7, 11) is 0. The molecule has 2 aliphatic heterocycles. The SMILES string of the molecule is CCN1C(=S)N(CC)[C@H]2N=C([Se])N[C@H]21. The van der Waals surface area contributed by atoms with Crippen molar-refractivity contribution in [2.45, 2.75) is 26.2 Å². The Kier molecular flexibility index (Phi) is 2.68. The Bertz CT molecular complexity index is 293. The normalized spacial score (nSPS) is 30.4. The van der Waals surface area contributed by atoms with E-state index in [2.05, 4.69) is 50.0 Å². The molecule has 4 nitrogen and oxygen atoms in total. The molecule has 1 N–H and O–H groups in total. The van der Waals surface area contributed by atoms with Crippen LogP contribution in [0.15, 0.2) is 4.99 Å². The van der Waals surface area contributed by atoms with Gasteiger partial charge in [0.25, 0.3) is 0 Å². The van der Waals surface area contributed by atoms with Crippen LogP contribution in [0, 0.1) is 0 Å². The summed E-state index contributed by atoms with van der Waals surface area (Å²) in [5.41, 5.74) is 0. The van der Waals surface area contributed by atoms with Crippen LogP contribution in [0.3, 0.4) is 0 Å². The monoisotopic (exact) mass is 277 g/mol. The molecular weight excluding hydrogens is 263 g/mol. The van der Waals surface area contributed by atoms with Gasteiger partial charge >= 0.3 is 97.5 Å². The molecule has 2 rings (SSSR count). The summed E-state index contributed by atoms with van der Waals surface area (Å²) in [6.07, 6.45) is 0.382. The third-order valence-corrected chi connectivity index (χ3v) is 3.57. The van der Waals surface area contributed by atoms with Crippen LogP contribution in [0.25, 0.3) is 0 Å². The van der Waals surface area contributed by atoms with Crippen molar-refractivity contribution in [2.24, 2.45) is 4.99 Å². The molecule has 0 aromatic heterocycles. The third-order valence-electron chi connectivity index (χ3n) is 2.63. The minimum absolute atomic E-state index is 0.156. The van der Waals surface area contributed by atoms with E-state index in [0.717, 1.165) is 22.9 Å². The Balaban J connectivity index is 2.26. The Hall–Kier alpha value is -0.321. The summed E-state index contributed by atoms with van der Waals surface area (Å²) < 4.78 is 0.888. The summed E-state index contributed by atoms with van der Waals surface area (Å²) >= 11 is 8.30. The standard InChI is InChI=1S/C8H13N4SSe/c1-3-11-5-6(10-7(14)9-5)12(4-2)8(11)13/h5-6H,3-4H2,1-2H3,(H,9,10)/t5-,6+. The molecule has 0 aliphatic carbocycles. The predicted octanol–water partition coefficient (Wildman–Crippen LogP) is -0.291. The van der Waals surface area contributed by atoms with Crippen LogP contribution < -0.4 is 5.32 Å². The molecule has 77 valence electrons. The van der Waals surface area contributed by atoms with Gasteiger partial charge in [0, 0.05) is 0 Å². The molecule has 1 fully saturated rings. The maximum absolute atomic E-state index is 5.39. The van der Waals surface area contributed by atoms with Crippen molar-refractivity contribution >= 4 is 38.1 Å². The minimum atomic E-state index is 0.156. The summed E-state index contributed by atoms with van der Waals surface area (Å²) in [6, 6.07) is 0. The Morgan fingerprint density at radius 1 is 1.43 bits per heavy atom. The molecule has 14 heavy (non-hydrogen) atoms. The fourth-order valence-electron chi connectivity index (χ4n) is 1.96. The maximum atomic E-state index is 5.39. The van der Waals surface area contributed by atoms with Crippen molar-refractivity contribution in [3.05, 3.63) is 0 Å². The number of amidine groups is 1. The molecular formula is C8H13N4SSe. The van der Waals surface area contributed by atoms with Crippen LogP contribution in [-0.4, -0.2) is 61.1 Å². The summed E-state index contributed by atoms with van der Waals surface area (Å²) in [5.74, 6) is 0. The fraction of sp³-hybridized carbons (Fsp3) is 0.750. The van der Waals surface area contributed by atoms with E-state index in [-0.39, 0.29) is 12.3 Å². The number of rotatable bonds is 2. The first kappa shape index (κ1) is 10.2. The summed E-state index contributed by atoms with van der Waals surface area (Å²) in [5, 5.41) is 4.21. The van der Waals surface area contributed by atoms with Crippen molar-refractivity contribution in [3.63, 3.8) is 0 Å². The Labute approximate surface area is 97.5 Å². The van der Waals surface area contributed by atoms with Gasteiger partial charge in [0.15, 0.2) is 0 Å². The van der Waals surface area contributed by atoms with Crippen molar-refractivity contribution < 1.29 is 0 Å². The molecule has 6 heteroatoms. The van der Waals surface area contributed by atoms with Gasteiger partial charge in [-0.05, 0) is 0 Å². The van der Waals surface area contributed by atoms with E-state index < -0.39 is 0 Å². The Morgan fingerprint density at radius 2 is 2.07 bits per heavy atom. The second-order valence-corrected chi connectivity index (χ2v) is 4.47. The first-order valence-corrected chi connectivity index (χ1v) is 6.04. The van der Waals surface area contributed by atoms with Crippen LogP contribution in [-0.2, 0) is 0 Å². The number of hydrogen-bond acceptors (Lipinski definition) is 3. The fourth-order valence-corrected chi connectivity index (χ4v) is 2.92. The van der Waals surface area contributed by atoms with Crippen LogP contribution >= 0.6 is 12.2 Å². The molecule has 0 aromatic rings. The van der Waals surface area contributed by atoms with Crippen molar-refractivity contribution in [2.75, 3.05) is 13.1 Å². The van der Waals surface area contributed by atoms with Crippen molar-refractivity contribution in [3.8, 4) is 0 Å². The van der Waals surface area contributed by atoms with Gasteiger partial charge in [-0.3, -0.25) is 0 Å². The van der Waals surface area contributed by atoms with E-state index >= 15 is 0 Å². The van der Waals surface area contributed by atoms with Crippen LogP contribution in [0.2, 0.25) is 0 Å². The Morgan fingerprint density at radius 3 is 2.64 bits per heavy atom. The second-order valence-electron chi connectivity index (χ2n) is 3.29. The average molecular weight is 276 g/mol. The van der Waals surface area contributed by atoms with Gasteiger partial charge < -0.3 is 0 Å². The number of thiocarbonyl (C=S) groups is 1. The molecule has 0 saturated carbocycles. The first-order chi connectivity index (χ1) is 6.69. The molecule has 0 bridgehead atoms. The average Bonchev–Trinajstić information content (AvgIpc) is 2.59. The van der Waals surface area contributed by atoms with Crippen LogP contribution in [0.4, 0.5) is 0 Å². The van der Waals surface area contributed by atoms with Crippen molar-refractivity contribution in [1.29, 1.82) is 0 Å². The molecule has 1 radical (unpaired) electrons. The molecule has 2 atom stereocenters. The zero-order valence-corrected chi connectivity index (χ0v) is 10.8. The number of likely N-dealkylation sites (N-methyl/N-ethyl adjacent to an activating group) is 2. The zero-order valence-electron chi connectivity index (χ0n) is 8.23. The van der Waals surface area contributed by atoms with E-state index in [1.165, 1.54) is 0 Å². The molecule has 0 amide bonds. The van der Waals surface area contributed by atoms with Gasteiger partial charge in [-0.1, -0.05) is 0 Å². The molecule has 0 aromatic carbocycles. The number of nitrogens with zero attached hydrogens (tertiary/aromatic N) is 3. The van der Waals surface area contributed by atoms with Gasteiger partial charge in [-0.2, -0.15) is 0 Å². The van der Waals surface area contributed by atoms with Gasteiger partial charge in [-0.15, -0.1) is 0 Å². The topological polar surface area (TPSA) is 30.9 Å². The van der Waals surface area contributed by atoms with E-state index in [9.17, 15) is 0 Å². The predicted molar refractivity (Wildman–Crippen MR) is 61.3 cm³/mol. The molecule has 1 saturated heterocycles. The van der Waals surface area contributed by atoms with Crippen LogP contribution in [0.5, 0.6) is 0 Å². The van der Waals surface area contributed by atoms with E-state index in [4.69, 9.17) is 12.2 Å².